The van der Waals surface area contributed by atoms with E-state index in [4.69, 9.17) is 11.6 Å². The summed E-state index contributed by atoms with van der Waals surface area (Å²) >= 11 is 6.01. The molecule has 0 aliphatic heterocycles. The largest absolute Gasteiger partial charge is 0.326 e. The van der Waals surface area contributed by atoms with Gasteiger partial charge in [0.2, 0.25) is 5.91 Å². The van der Waals surface area contributed by atoms with Crippen molar-refractivity contribution < 1.29 is 4.79 Å². The van der Waals surface area contributed by atoms with Gasteiger partial charge in [0, 0.05) is 30.2 Å². The van der Waals surface area contributed by atoms with E-state index >= 15 is 0 Å². The van der Waals surface area contributed by atoms with Gasteiger partial charge in [0.05, 0.1) is 0 Å². The Hall–Kier alpha value is -1.84. The molecule has 2 rings (SSSR count). The fourth-order valence-corrected chi connectivity index (χ4v) is 2.34. The van der Waals surface area contributed by atoms with E-state index in [1.54, 1.807) is 0 Å². The molecule has 0 fully saturated rings. The first-order chi connectivity index (χ1) is 10.1. The number of para-hydroxylation sites is 1. The maximum Gasteiger partial charge on any atom is 0.221 e. The highest BCUT2D eigenvalue weighted by Crippen LogP contribution is 2.19. The number of nitrogens with one attached hydrogen (secondary N) is 2. The Kier molecular flexibility index (Phi) is 5.37. The van der Waals surface area contributed by atoms with Crippen LogP contribution >= 0.6 is 11.6 Å². The summed E-state index contributed by atoms with van der Waals surface area (Å²) in [5.74, 6) is -0.0645. The highest BCUT2D eigenvalue weighted by Gasteiger charge is 2.08. The number of amides is 1. The fourth-order valence-electron chi connectivity index (χ4n) is 2.14. The van der Waals surface area contributed by atoms with Crippen LogP contribution in [0.15, 0.2) is 48.5 Å². The van der Waals surface area contributed by atoms with Crippen LogP contribution in [0.3, 0.4) is 0 Å². The number of carbonyl (C=O) groups is 1. The summed E-state index contributed by atoms with van der Waals surface area (Å²) in [7, 11) is 0. The quantitative estimate of drug-likeness (QED) is 0.871. The second-order valence-corrected chi connectivity index (χ2v) is 5.43. The van der Waals surface area contributed by atoms with Crippen molar-refractivity contribution in [2.75, 3.05) is 5.32 Å². The summed E-state index contributed by atoms with van der Waals surface area (Å²) in [6, 6.07) is 15.8. The van der Waals surface area contributed by atoms with Crippen molar-refractivity contribution in [2.24, 2.45) is 0 Å². The maximum absolute atomic E-state index is 11.2. The number of halogens is 1. The molecule has 2 aromatic rings. The van der Waals surface area contributed by atoms with Gasteiger partial charge in [0.15, 0.2) is 0 Å². The summed E-state index contributed by atoms with van der Waals surface area (Å²) in [6.07, 6.45) is 0. The molecule has 0 unspecified atom stereocenters. The van der Waals surface area contributed by atoms with E-state index in [1.165, 1.54) is 6.92 Å². The van der Waals surface area contributed by atoms with Crippen LogP contribution < -0.4 is 10.6 Å². The molecule has 0 saturated carbocycles. The van der Waals surface area contributed by atoms with Gasteiger partial charge in [0.25, 0.3) is 0 Å². The van der Waals surface area contributed by atoms with Crippen molar-refractivity contribution in [3.63, 3.8) is 0 Å². The maximum atomic E-state index is 11.2. The molecule has 3 nitrogen and oxygen atoms in total. The van der Waals surface area contributed by atoms with Gasteiger partial charge in [-0.3, -0.25) is 4.79 Å². The van der Waals surface area contributed by atoms with Crippen molar-refractivity contribution in [3.8, 4) is 0 Å². The Morgan fingerprint density at radius 1 is 1.19 bits per heavy atom. The Morgan fingerprint density at radius 2 is 1.95 bits per heavy atom. The first kappa shape index (κ1) is 15.5. The van der Waals surface area contributed by atoms with E-state index in [-0.39, 0.29) is 11.9 Å². The van der Waals surface area contributed by atoms with Crippen LogP contribution in [0.1, 0.15) is 31.0 Å². The second kappa shape index (κ2) is 7.25. The van der Waals surface area contributed by atoms with E-state index < -0.39 is 0 Å². The van der Waals surface area contributed by atoms with Crippen LogP contribution in [0.25, 0.3) is 0 Å². The predicted octanol–water partition coefficient (Wildman–Crippen LogP) is 4.15. The third kappa shape index (κ3) is 4.59. The van der Waals surface area contributed by atoms with Crippen LogP contribution in [-0.2, 0) is 11.3 Å². The van der Waals surface area contributed by atoms with Gasteiger partial charge in [-0.2, -0.15) is 0 Å². The van der Waals surface area contributed by atoms with E-state index in [0.29, 0.717) is 6.54 Å². The molecule has 0 heterocycles. The van der Waals surface area contributed by atoms with Crippen LogP contribution in [-0.4, -0.2) is 5.91 Å². The Morgan fingerprint density at radius 3 is 2.67 bits per heavy atom. The zero-order valence-corrected chi connectivity index (χ0v) is 12.9. The standard InChI is InChI=1S/C17H19ClN2O/c1-12(14-7-5-8-16(18)10-14)19-11-15-6-3-4-9-17(15)20-13(2)21/h3-10,12,19H,11H2,1-2H3,(H,20,21)/t12-/m1/s1. The first-order valence-corrected chi connectivity index (χ1v) is 7.28. The minimum atomic E-state index is -0.0645. The number of carbonyl (C=O) groups excluding carboxylic acids is 1. The highest BCUT2D eigenvalue weighted by atomic mass is 35.5. The number of hydrogen-bond donors (Lipinski definition) is 2. The third-order valence-electron chi connectivity index (χ3n) is 3.28. The van der Waals surface area contributed by atoms with Gasteiger partial charge < -0.3 is 10.6 Å². The smallest absolute Gasteiger partial charge is 0.221 e. The topological polar surface area (TPSA) is 41.1 Å². The molecule has 1 amide bonds. The average Bonchev–Trinajstić information content (AvgIpc) is 2.45. The number of rotatable bonds is 5. The average molecular weight is 303 g/mol. The summed E-state index contributed by atoms with van der Waals surface area (Å²) < 4.78 is 0. The molecule has 2 aromatic carbocycles. The van der Waals surface area contributed by atoms with Gasteiger partial charge in [-0.05, 0) is 36.2 Å². The van der Waals surface area contributed by atoms with Gasteiger partial charge in [-0.15, -0.1) is 0 Å². The lowest BCUT2D eigenvalue weighted by atomic mass is 10.1. The SMILES string of the molecule is CC(=O)Nc1ccccc1CN[C@H](C)c1cccc(Cl)c1. The summed E-state index contributed by atoms with van der Waals surface area (Å²) in [6.45, 7) is 4.27. The lowest BCUT2D eigenvalue weighted by Crippen LogP contribution is -2.19. The van der Waals surface area contributed by atoms with Gasteiger partial charge in [-0.1, -0.05) is 41.9 Å². The first-order valence-electron chi connectivity index (χ1n) is 6.90. The minimum Gasteiger partial charge on any atom is -0.326 e. The lowest BCUT2D eigenvalue weighted by molar-refractivity contribution is -0.114. The van der Waals surface area contributed by atoms with Gasteiger partial charge >= 0.3 is 0 Å². The Labute approximate surface area is 130 Å². The van der Waals surface area contributed by atoms with E-state index in [9.17, 15) is 4.79 Å². The molecular weight excluding hydrogens is 284 g/mol. The number of hydrogen-bond acceptors (Lipinski definition) is 2. The highest BCUT2D eigenvalue weighted by molar-refractivity contribution is 6.30. The zero-order valence-electron chi connectivity index (χ0n) is 12.2. The van der Waals surface area contributed by atoms with Crippen molar-refractivity contribution in [2.45, 2.75) is 26.4 Å². The summed E-state index contributed by atoms with van der Waals surface area (Å²) in [5, 5.41) is 7.03. The molecule has 0 aliphatic carbocycles. The second-order valence-electron chi connectivity index (χ2n) is 5.00. The minimum absolute atomic E-state index is 0.0645. The molecule has 0 radical (unpaired) electrons. The molecule has 0 bridgehead atoms. The Balaban J connectivity index is 2.04. The Bertz CT molecular complexity index is 628. The molecule has 1 atom stereocenters. The fraction of sp³-hybridized carbons (Fsp3) is 0.235. The summed E-state index contributed by atoms with van der Waals surface area (Å²) in [5.41, 5.74) is 3.04. The van der Waals surface area contributed by atoms with Crippen LogP contribution in [0.5, 0.6) is 0 Å². The predicted molar refractivity (Wildman–Crippen MR) is 87.5 cm³/mol. The van der Waals surface area contributed by atoms with E-state index in [0.717, 1.165) is 21.8 Å². The van der Waals surface area contributed by atoms with Crippen LogP contribution in [0.2, 0.25) is 5.02 Å². The number of benzene rings is 2. The normalized spacial score (nSPS) is 12.0. The zero-order chi connectivity index (χ0) is 15.2. The van der Waals surface area contributed by atoms with E-state index in [2.05, 4.69) is 17.6 Å². The molecule has 0 saturated heterocycles. The molecular formula is C17H19ClN2O. The molecule has 2 N–H and O–H groups in total. The van der Waals surface area contributed by atoms with Crippen molar-refractivity contribution in [1.82, 2.24) is 5.32 Å². The molecule has 4 heteroatoms. The molecule has 0 aliphatic rings. The van der Waals surface area contributed by atoms with Crippen LogP contribution in [0, 0.1) is 0 Å². The van der Waals surface area contributed by atoms with E-state index in [1.807, 2.05) is 48.5 Å². The molecule has 0 aromatic heterocycles. The molecule has 21 heavy (non-hydrogen) atoms. The molecule has 0 spiro atoms. The summed E-state index contributed by atoms with van der Waals surface area (Å²) in [4.78, 5) is 11.2. The monoisotopic (exact) mass is 302 g/mol. The van der Waals surface area contributed by atoms with Gasteiger partial charge in [0.1, 0.15) is 0 Å². The molecule has 110 valence electrons. The van der Waals surface area contributed by atoms with Crippen molar-refractivity contribution >= 4 is 23.2 Å². The van der Waals surface area contributed by atoms with Crippen molar-refractivity contribution in [3.05, 3.63) is 64.7 Å². The van der Waals surface area contributed by atoms with Gasteiger partial charge in [-0.25, -0.2) is 0 Å². The lowest BCUT2D eigenvalue weighted by Gasteiger charge is -2.16. The number of anilines is 1. The van der Waals surface area contributed by atoms with Crippen LogP contribution in [0.4, 0.5) is 5.69 Å². The van der Waals surface area contributed by atoms with Crippen molar-refractivity contribution in [1.29, 1.82) is 0 Å². The third-order valence-corrected chi connectivity index (χ3v) is 3.51.